The molecule has 0 amide bonds. The van der Waals surface area contributed by atoms with Crippen LogP contribution in [0.15, 0.2) is 43.0 Å². The molecule has 4 aromatic rings. The second-order valence-corrected chi connectivity index (χ2v) is 13.3. The van der Waals surface area contributed by atoms with Crippen LogP contribution in [-0.4, -0.2) is 95.7 Å². The minimum atomic E-state index is -0.467. The Hall–Kier alpha value is -3.66. The Labute approximate surface area is 254 Å². The number of anilines is 5. The molecule has 0 atom stereocenters. The second-order valence-electron chi connectivity index (χ2n) is 11.1. The van der Waals surface area contributed by atoms with Crippen molar-refractivity contribution >= 4 is 53.2 Å². The van der Waals surface area contributed by atoms with Gasteiger partial charge >= 0.3 is 0 Å². The van der Waals surface area contributed by atoms with E-state index in [-0.39, 0.29) is 0 Å². The summed E-state index contributed by atoms with van der Waals surface area (Å²) in [7, 11) is 1.24. The van der Waals surface area contributed by atoms with E-state index >= 15 is 0 Å². The molecule has 0 spiro atoms. The molecule has 226 valence electrons. The first kappa shape index (κ1) is 29.4. The largest absolute Gasteiger partial charge is 0.494 e. The van der Waals surface area contributed by atoms with E-state index in [4.69, 9.17) is 9.47 Å². The van der Waals surface area contributed by atoms with Gasteiger partial charge in [0.1, 0.15) is 12.1 Å². The summed E-state index contributed by atoms with van der Waals surface area (Å²) in [5, 5.41) is 7.92. The number of aryl methyl sites for hydroxylation is 1. The molecule has 11 nitrogen and oxygen atoms in total. The number of aromatic nitrogens is 5. The van der Waals surface area contributed by atoms with E-state index < -0.39 is 7.92 Å². The van der Waals surface area contributed by atoms with Crippen molar-refractivity contribution in [2.75, 3.05) is 75.4 Å². The fourth-order valence-electron chi connectivity index (χ4n) is 6.11. The van der Waals surface area contributed by atoms with Crippen molar-refractivity contribution in [2.45, 2.75) is 32.2 Å². The molecule has 2 aliphatic rings. The van der Waals surface area contributed by atoms with Crippen molar-refractivity contribution < 1.29 is 9.47 Å². The SMILES string of the molecule is CCc1cc(Nc2ncnc(Nc3ccc4nccnc4c3P(C)C)n2)c(OC)cc1N1CCC(N2CCOCC2)CC1. The molecule has 0 aliphatic carbocycles. The van der Waals surface area contributed by atoms with Gasteiger partial charge in [0.25, 0.3) is 0 Å². The van der Waals surface area contributed by atoms with E-state index in [9.17, 15) is 0 Å². The van der Waals surface area contributed by atoms with Gasteiger partial charge in [-0.1, -0.05) is 14.8 Å². The van der Waals surface area contributed by atoms with Crippen LogP contribution in [-0.2, 0) is 11.2 Å². The molecule has 0 unspecified atom stereocenters. The highest BCUT2D eigenvalue weighted by Crippen LogP contribution is 2.37. The van der Waals surface area contributed by atoms with E-state index in [0.29, 0.717) is 17.9 Å². The Kier molecular flexibility index (Phi) is 9.11. The smallest absolute Gasteiger partial charge is 0.232 e. The lowest BCUT2D eigenvalue weighted by Crippen LogP contribution is -2.49. The number of morpholine rings is 1. The predicted molar refractivity (Wildman–Crippen MR) is 174 cm³/mol. The topological polar surface area (TPSA) is 113 Å². The summed E-state index contributed by atoms with van der Waals surface area (Å²) in [5.74, 6) is 1.65. The van der Waals surface area contributed by atoms with Crippen LogP contribution in [0, 0.1) is 0 Å². The zero-order valence-electron chi connectivity index (χ0n) is 25.4. The Balaban J connectivity index is 1.20. The molecular weight excluding hydrogens is 561 g/mol. The summed E-state index contributed by atoms with van der Waals surface area (Å²) in [5.41, 5.74) is 6.04. The average molecular weight is 602 g/mol. The van der Waals surface area contributed by atoms with Crippen molar-refractivity contribution in [3.05, 3.63) is 48.5 Å². The van der Waals surface area contributed by atoms with Gasteiger partial charge in [-0.3, -0.25) is 14.9 Å². The lowest BCUT2D eigenvalue weighted by atomic mass is 10.00. The fourth-order valence-corrected chi connectivity index (χ4v) is 7.31. The zero-order chi connectivity index (χ0) is 29.8. The molecule has 2 aromatic heterocycles. The molecule has 0 bridgehead atoms. The van der Waals surface area contributed by atoms with Gasteiger partial charge in [-0.15, -0.1) is 0 Å². The minimum Gasteiger partial charge on any atom is -0.494 e. The van der Waals surface area contributed by atoms with Gasteiger partial charge in [-0.05, 0) is 56.4 Å². The Morgan fingerprint density at radius 1 is 0.930 bits per heavy atom. The molecule has 6 rings (SSSR count). The number of piperidine rings is 1. The van der Waals surface area contributed by atoms with Crippen molar-refractivity contribution in [1.29, 1.82) is 0 Å². The van der Waals surface area contributed by atoms with Crippen molar-refractivity contribution in [3.8, 4) is 5.75 Å². The Morgan fingerprint density at radius 2 is 1.65 bits per heavy atom. The molecule has 2 saturated heterocycles. The van der Waals surface area contributed by atoms with Crippen LogP contribution >= 0.6 is 7.92 Å². The van der Waals surface area contributed by atoms with Crippen LogP contribution < -0.4 is 25.6 Å². The van der Waals surface area contributed by atoms with Gasteiger partial charge < -0.3 is 25.0 Å². The third-order valence-electron chi connectivity index (χ3n) is 8.27. The van der Waals surface area contributed by atoms with Gasteiger partial charge in [0, 0.05) is 61.7 Å². The maximum atomic E-state index is 5.86. The molecule has 12 heteroatoms. The van der Waals surface area contributed by atoms with Crippen molar-refractivity contribution in [1.82, 2.24) is 29.8 Å². The van der Waals surface area contributed by atoms with Crippen LogP contribution in [0.25, 0.3) is 11.0 Å². The van der Waals surface area contributed by atoms with Crippen LogP contribution in [0.1, 0.15) is 25.3 Å². The number of nitrogens with one attached hydrogen (secondary N) is 2. The highest BCUT2D eigenvalue weighted by molar-refractivity contribution is 7.65. The summed E-state index contributed by atoms with van der Waals surface area (Å²) in [4.78, 5) is 27.7. The first-order valence-corrected chi connectivity index (χ1v) is 17.2. The number of benzene rings is 2. The van der Waals surface area contributed by atoms with Gasteiger partial charge in [-0.25, -0.2) is 9.97 Å². The van der Waals surface area contributed by atoms with Gasteiger partial charge in [0.15, 0.2) is 0 Å². The van der Waals surface area contributed by atoms with E-state index in [1.807, 2.05) is 12.1 Å². The highest BCUT2D eigenvalue weighted by Gasteiger charge is 2.27. The molecule has 2 aromatic carbocycles. The summed E-state index contributed by atoms with van der Waals surface area (Å²) in [6.45, 7) is 12.5. The lowest BCUT2D eigenvalue weighted by molar-refractivity contribution is 0.0115. The van der Waals surface area contributed by atoms with E-state index in [2.05, 4.69) is 77.7 Å². The number of fused-ring (bicyclic) bond motifs is 1. The molecule has 0 saturated carbocycles. The summed E-state index contributed by atoms with van der Waals surface area (Å²) < 4.78 is 11.4. The molecule has 2 N–H and O–H groups in total. The van der Waals surface area contributed by atoms with Crippen LogP contribution in [0.3, 0.4) is 0 Å². The monoisotopic (exact) mass is 601 g/mol. The first-order chi connectivity index (χ1) is 21.0. The predicted octanol–water partition coefficient (Wildman–Crippen LogP) is 4.54. The number of rotatable bonds is 9. The van der Waals surface area contributed by atoms with Crippen molar-refractivity contribution in [2.24, 2.45) is 0 Å². The van der Waals surface area contributed by atoms with E-state index in [1.165, 1.54) is 17.6 Å². The number of hydrogen-bond donors (Lipinski definition) is 2. The maximum Gasteiger partial charge on any atom is 0.232 e. The third-order valence-corrected chi connectivity index (χ3v) is 9.62. The molecule has 43 heavy (non-hydrogen) atoms. The van der Waals surface area contributed by atoms with Crippen LogP contribution in [0.2, 0.25) is 0 Å². The Bertz CT molecular complexity index is 1560. The summed E-state index contributed by atoms with van der Waals surface area (Å²) >= 11 is 0. The molecule has 2 aliphatic heterocycles. The fraction of sp³-hybridized carbons (Fsp3) is 0.452. The van der Waals surface area contributed by atoms with Gasteiger partial charge in [-0.2, -0.15) is 4.98 Å². The standard InChI is InChI=1S/C31H40N9O2P/c1-5-21-18-25(27(41-2)19-26(21)40-12-8-22(9-13-40)39-14-16-42-17-15-39)37-31-35-20-34-30(38-31)36-24-7-6-23-28(29(24)43(3)4)33-11-10-32-23/h6-7,10-11,18-20,22H,5,8-9,12-17H2,1-4H3,(H2,34,35,36,37,38). The quantitative estimate of drug-likeness (QED) is 0.264. The molecule has 0 radical (unpaired) electrons. The van der Waals surface area contributed by atoms with E-state index in [0.717, 1.165) is 92.1 Å². The van der Waals surface area contributed by atoms with E-state index in [1.54, 1.807) is 19.5 Å². The average Bonchev–Trinajstić information content (AvgIpc) is 3.05. The first-order valence-electron chi connectivity index (χ1n) is 15.0. The maximum absolute atomic E-state index is 5.86. The van der Waals surface area contributed by atoms with Crippen molar-refractivity contribution in [3.63, 3.8) is 0 Å². The molecular formula is C31H40N9O2P. The molecule has 2 fully saturated rings. The molecule has 4 heterocycles. The third kappa shape index (κ3) is 6.49. The number of hydrogen-bond acceptors (Lipinski definition) is 11. The summed E-state index contributed by atoms with van der Waals surface area (Å²) in [6.07, 6.45) is 8.20. The van der Waals surface area contributed by atoms with Gasteiger partial charge in [0.05, 0.1) is 42.7 Å². The number of nitrogens with zero attached hydrogens (tertiary/aromatic N) is 7. The van der Waals surface area contributed by atoms with Crippen LogP contribution in [0.4, 0.5) is 29.0 Å². The summed E-state index contributed by atoms with van der Waals surface area (Å²) in [6, 6.07) is 8.95. The number of methoxy groups -OCH3 is 1. The highest BCUT2D eigenvalue weighted by atomic mass is 31.1. The van der Waals surface area contributed by atoms with Gasteiger partial charge in [0.2, 0.25) is 11.9 Å². The Morgan fingerprint density at radius 3 is 2.35 bits per heavy atom. The van der Waals surface area contributed by atoms with Crippen LogP contribution in [0.5, 0.6) is 5.75 Å². The normalized spacial score (nSPS) is 16.5. The lowest BCUT2D eigenvalue weighted by Gasteiger charge is -2.41. The minimum absolute atomic E-state index is 0.439. The zero-order valence-corrected chi connectivity index (χ0v) is 26.3. The number of ether oxygens (including phenoxy) is 2. The second kappa shape index (κ2) is 13.3.